The van der Waals surface area contributed by atoms with Crippen molar-refractivity contribution in [1.29, 1.82) is 0 Å². The Hall–Kier alpha value is -4.39. The van der Waals surface area contributed by atoms with Crippen LogP contribution in [0.5, 0.6) is 0 Å². The highest BCUT2D eigenvalue weighted by Crippen LogP contribution is 2.42. The van der Waals surface area contributed by atoms with E-state index in [0.29, 0.717) is 22.5 Å². The van der Waals surface area contributed by atoms with Crippen molar-refractivity contribution in [3.8, 4) is 22.5 Å². The molecule has 4 rings (SSSR count). The van der Waals surface area contributed by atoms with E-state index in [1.807, 2.05) is 86.2 Å². The fraction of sp³-hybridized carbons (Fsp3) is 0.233. The number of carbonyl (C=O) groups is 2. The number of nitrogens with zero attached hydrogens (tertiary/aromatic N) is 2. The first-order valence-corrected chi connectivity index (χ1v) is 11.9. The van der Waals surface area contributed by atoms with Gasteiger partial charge in [-0.3, -0.25) is 0 Å². The van der Waals surface area contributed by atoms with Gasteiger partial charge in [-0.2, -0.15) is 0 Å². The molecule has 2 aromatic carbocycles. The lowest BCUT2D eigenvalue weighted by molar-refractivity contribution is -0.140. The largest absolute Gasteiger partial charge is 0.459 e. The molecule has 0 aromatic heterocycles. The van der Waals surface area contributed by atoms with Crippen LogP contribution >= 0.6 is 0 Å². The minimum atomic E-state index is -0.517. The van der Waals surface area contributed by atoms with Gasteiger partial charge in [-0.25, -0.2) is 14.2 Å². The van der Waals surface area contributed by atoms with Crippen molar-refractivity contribution in [2.45, 2.75) is 6.92 Å². The fourth-order valence-corrected chi connectivity index (χ4v) is 4.06. The molecule has 37 heavy (non-hydrogen) atoms. The molecule has 0 spiro atoms. The Balaban J connectivity index is 1.84. The third-order valence-electron chi connectivity index (χ3n) is 6.04. The minimum absolute atomic E-state index is 0.0453. The highest BCUT2D eigenvalue weighted by atomic mass is 16.6. The number of fused-ring (bicyclic) bond motifs is 2. The summed E-state index contributed by atoms with van der Waals surface area (Å²) in [5.41, 5.74) is 4.91. The van der Waals surface area contributed by atoms with Crippen LogP contribution in [-0.2, 0) is 14.3 Å². The van der Waals surface area contributed by atoms with Gasteiger partial charge in [0.1, 0.15) is 38.7 Å². The quantitative estimate of drug-likeness (QED) is 0.122. The number of anilines is 1. The zero-order valence-corrected chi connectivity index (χ0v) is 21.8. The van der Waals surface area contributed by atoms with E-state index in [1.165, 1.54) is 0 Å². The molecule has 1 aliphatic carbocycles. The second-order valence-corrected chi connectivity index (χ2v) is 9.22. The summed E-state index contributed by atoms with van der Waals surface area (Å²) in [7, 11) is 7.91. The summed E-state index contributed by atoms with van der Waals surface area (Å²) in [6.07, 6.45) is 0. The van der Waals surface area contributed by atoms with Gasteiger partial charge in [0.2, 0.25) is 5.36 Å². The lowest BCUT2D eigenvalue weighted by Crippen LogP contribution is -2.21. The molecule has 2 aromatic rings. The number of carbonyl (C=O) groups excluding carboxylic acids is 2. The Kier molecular flexibility index (Phi) is 7.43. The first-order valence-electron chi connectivity index (χ1n) is 11.9. The predicted octanol–water partition coefficient (Wildman–Crippen LogP) is 4.58. The first-order chi connectivity index (χ1) is 17.7. The molecule has 0 unspecified atom stereocenters. The zero-order chi connectivity index (χ0) is 26.7. The summed E-state index contributed by atoms with van der Waals surface area (Å²) in [6, 6.07) is 19.4. The summed E-state index contributed by atoms with van der Waals surface area (Å²) in [5, 5.41) is 1.88. The van der Waals surface area contributed by atoms with Crippen molar-refractivity contribution < 1.29 is 23.5 Å². The van der Waals surface area contributed by atoms with Crippen LogP contribution in [0.3, 0.4) is 0 Å². The highest BCUT2D eigenvalue weighted by molar-refractivity contribution is 6.08. The second-order valence-electron chi connectivity index (χ2n) is 9.22. The van der Waals surface area contributed by atoms with Gasteiger partial charge in [0.05, 0.1) is 11.6 Å². The summed E-state index contributed by atoms with van der Waals surface area (Å²) >= 11 is 0. The topological polar surface area (TPSA) is 72.0 Å². The summed E-state index contributed by atoms with van der Waals surface area (Å²) in [6.45, 7) is 5.01. The monoisotopic (exact) mass is 499 g/mol. The van der Waals surface area contributed by atoms with E-state index in [0.717, 1.165) is 33.1 Å². The average Bonchev–Trinajstić information content (AvgIpc) is 2.88. The van der Waals surface area contributed by atoms with Gasteiger partial charge < -0.3 is 18.8 Å². The maximum absolute atomic E-state index is 13.2. The van der Waals surface area contributed by atoms with Gasteiger partial charge in [0.25, 0.3) is 0 Å². The lowest BCUT2D eigenvalue weighted by atomic mass is 9.90. The number of rotatable bonds is 7. The van der Waals surface area contributed by atoms with Crippen molar-refractivity contribution in [2.75, 3.05) is 46.3 Å². The smallest absolute Gasteiger partial charge is 0.338 e. The molecule has 0 atom stereocenters. The standard InChI is InChI=1S/C30H31N2O5/c1-19(2)29(33)35-15-16-36-30(34)23-10-8-7-9-22(23)28-24-13-11-20(31(3)4)17-26(24)37-27-18-21(32(5)6)12-14-25(27)28/h7-14,17-18H,1,15-16H2,2-6H3/q+1. The number of hydrogen-bond donors (Lipinski definition) is 0. The molecule has 0 saturated heterocycles. The Bertz CT molecular complexity index is 1540. The van der Waals surface area contributed by atoms with Crippen LogP contribution < -0.4 is 14.8 Å². The Morgan fingerprint density at radius 1 is 0.946 bits per heavy atom. The Morgan fingerprint density at radius 3 is 2.38 bits per heavy atom. The van der Waals surface area contributed by atoms with E-state index >= 15 is 0 Å². The van der Waals surface area contributed by atoms with Crippen molar-refractivity contribution in [3.05, 3.63) is 83.7 Å². The Morgan fingerprint density at radius 2 is 1.68 bits per heavy atom. The van der Waals surface area contributed by atoms with E-state index in [2.05, 4.69) is 6.58 Å². The number of hydrogen-bond acceptors (Lipinski definition) is 6. The number of esters is 2. The van der Waals surface area contributed by atoms with E-state index in [9.17, 15) is 9.59 Å². The molecule has 190 valence electrons. The zero-order valence-electron chi connectivity index (χ0n) is 21.8. The second kappa shape index (κ2) is 10.7. The van der Waals surface area contributed by atoms with Gasteiger partial charge in [-0.05, 0) is 36.8 Å². The van der Waals surface area contributed by atoms with Crippen LogP contribution in [0, 0.1) is 0 Å². The van der Waals surface area contributed by atoms with Gasteiger partial charge in [0.15, 0.2) is 0 Å². The molecular weight excluding hydrogens is 468 g/mol. The molecule has 0 amide bonds. The third-order valence-corrected chi connectivity index (χ3v) is 6.04. The molecule has 1 heterocycles. The predicted molar refractivity (Wildman–Crippen MR) is 146 cm³/mol. The van der Waals surface area contributed by atoms with Crippen molar-refractivity contribution in [1.82, 2.24) is 4.58 Å². The average molecular weight is 500 g/mol. The van der Waals surface area contributed by atoms with E-state index in [4.69, 9.17) is 13.9 Å². The van der Waals surface area contributed by atoms with Crippen LogP contribution in [0.25, 0.3) is 33.4 Å². The van der Waals surface area contributed by atoms with Crippen molar-refractivity contribution in [2.24, 2.45) is 0 Å². The summed E-state index contributed by atoms with van der Waals surface area (Å²) in [5.74, 6) is -0.310. The molecular formula is C30H31N2O5+. The molecule has 7 nitrogen and oxygen atoms in total. The lowest BCUT2D eigenvalue weighted by Gasteiger charge is -2.19. The SMILES string of the molecule is C=C(C)C(=O)OCCOC(=O)c1ccccc1-c1c2ccc(=[N+](C)C)cc-2oc2cc(N(C)C)ccc12. The van der Waals surface area contributed by atoms with E-state index in [1.54, 1.807) is 19.1 Å². The van der Waals surface area contributed by atoms with Gasteiger partial charge in [-0.1, -0.05) is 24.8 Å². The van der Waals surface area contributed by atoms with Gasteiger partial charge >= 0.3 is 11.9 Å². The van der Waals surface area contributed by atoms with Crippen molar-refractivity contribution >= 4 is 28.6 Å². The fourth-order valence-electron chi connectivity index (χ4n) is 4.06. The molecule has 0 saturated carbocycles. The molecule has 1 aliphatic heterocycles. The molecule has 7 heteroatoms. The normalized spacial score (nSPS) is 10.8. The molecule has 0 bridgehead atoms. The van der Waals surface area contributed by atoms with Crippen LogP contribution in [0.1, 0.15) is 17.3 Å². The third kappa shape index (κ3) is 5.40. The van der Waals surface area contributed by atoms with E-state index < -0.39 is 11.9 Å². The Labute approximate surface area is 216 Å². The highest BCUT2D eigenvalue weighted by Gasteiger charge is 2.23. The van der Waals surface area contributed by atoms with Crippen molar-refractivity contribution in [3.63, 3.8) is 0 Å². The van der Waals surface area contributed by atoms with Crippen LogP contribution in [0.2, 0.25) is 0 Å². The van der Waals surface area contributed by atoms with Crippen LogP contribution in [0.4, 0.5) is 5.69 Å². The molecule has 0 fully saturated rings. The molecule has 0 radical (unpaired) electrons. The minimum Gasteiger partial charge on any atom is -0.459 e. The summed E-state index contributed by atoms with van der Waals surface area (Å²) < 4.78 is 18.9. The number of benzene rings is 3. The van der Waals surface area contributed by atoms with Gasteiger partial charge in [0, 0.05) is 54.0 Å². The summed E-state index contributed by atoms with van der Waals surface area (Å²) in [4.78, 5) is 26.8. The van der Waals surface area contributed by atoms with Crippen LogP contribution in [0.15, 0.2) is 77.2 Å². The van der Waals surface area contributed by atoms with Crippen LogP contribution in [-0.4, -0.2) is 53.3 Å². The first kappa shape index (κ1) is 25.7. The number of ether oxygens (including phenoxy) is 2. The molecule has 2 aliphatic rings. The van der Waals surface area contributed by atoms with E-state index in [-0.39, 0.29) is 13.2 Å². The van der Waals surface area contributed by atoms with Gasteiger partial charge in [-0.15, -0.1) is 0 Å². The molecule has 0 N–H and O–H groups in total. The maximum Gasteiger partial charge on any atom is 0.338 e. The maximum atomic E-state index is 13.2.